The van der Waals surface area contributed by atoms with Gasteiger partial charge in [0.2, 0.25) is 0 Å². The molecule has 2 rings (SSSR count). The zero-order valence-electron chi connectivity index (χ0n) is 9.43. The monoisotopic (exact) mass is 429 g/mol. The van der Waals surface area contributed by atoms with Gasteiger partial charge < -0.3 is 5.11 Å². The topological polar surface area (TPSA) is 66.4 Å². The highest BCUT2D eigenvalue weighted by atomic mass is 127. The molecule has 0 aliphatic heterocycles. The third kappa shape index (κ3) is 3.60. The Hall–Kier alpha value is -0.350. The van der Waals surface area contributed by atoms with E-state index >= 15 is 0 Å². The Morgan fingerprint density at radius 3 is 2.68 bits per heavy atom. The van der Waals surface area contributed by atoms with Crippen molar-refractivity contribution in [2.24, 2.45) is 0 Å². The SMILES string of the molecule is O=S(=O)(Nc1ccc(I)cc1Cl)c1csc(CO)c1. The standard InChI is InChI=1S/C11H9ClINO3S2/c12-10-3-7(13)1-2-11(10)14-19(16,17)9-4-8(5-15)18-6-9/h1-4,6,14-15H,5H2. The maximum atomic E-state index is 12.1. The second kappa shape index (κ2) is 5.96. The number of aliphatic hydroxyl groups excluding tert-OH is 1. The molecular weight excluding hydrogens is 421 g/mol. The number of thiophene rings is 1. The van der Waals surface area contributed by atoms with Gasteiger partial charge in [-0.15, -0.1) is 11.3 Å². The van der Waals surface area contributed by atoms with E-state index in [1.165, 1.54) is 22.8 Å². The fourth-order valence-electron chi connectivity index (χ4n) is 1.36. The molecule has 0 saturated heterocycles. The van der Waals surface area contributed by atoms with Crippen molar-refractivity contribution in [2.45, 2.75) is 11.5 Å². The van der Waals surface area contributed by atoms with E-state index in [1.54, 1.807) is 18.2 Å². The Morgan fingerprint density at radius 1 is 1.37 bits per heavy atom. The molecule has 8 heteroatoms. The van der Waals surface area contributed by atoms with Gasteiger partial charge in [-0.2, -0.15) is 0 Å². The summed E-state index contributed by atoms with van der Waals surface area (Å²) in [6.45, 7) is -0.176. The minimum atomic E-state index is -3.68. The smallest absolute Gasteiger partial charge is 0.262 e. The summed E-state index contributed by atoms with van der Waals surface area (Å²) in [6.07, 6.45) is 0. The molecule has 0 bridgehead atoms. The van der Waals surface area contributed by atoms with Crippen LogP contribution in [0.2, 0.25) is 5.02 Å². The van der Waals surface area contributed by atoms with E-state index in [1.807, 2.05) is 0 Å². The lowest BCUT2D eigenvalue weighted by molar-refractivity contribution is 0.285. The first-order valence-corrected chi connectivity index (χ1v) is 8.90. The fraction of sp³-hybridized carbons (Fsp3) is 0.0909. The van der Waals surface area contributed by atoms with Gasteiger partial charge in [0.1, 0.15) is 0 Å². The van der Waals surface area contributed by atoms with Crippen LogP contribution in [0, 0.1) is 3.57 Å². The molecule has 0 saturated carbocycles. The lowest BCUT2D eigenvalue weighted by Crippen LogP contribution is -2.12. The van der Waals surface area contributed by atoms with Crippen molar-refractivity contribution >= 4 is 61.2 Å². The van der Waals surface area contributed by atoms with Gasteiger partial charge in [-0.25, -0.2) is 8.42 Å². The summed E-state index contributed by atoms with van der Waals surface area (Å²) in [4.78, 5) is 0.713. The van der Waals surface area contributed by atoms with Crippen molar-refractivity contribution in [2.75, 3.05) is 4.72 Å². The number of sulfonamides is 1. The van der Waals surface area contributed by atoms with E-state index in [2.05, 4.69) is 27.3 Å². The van der Waals surface area contributed by atoms with Gasteiger partial charge in [0.25, 0.3) is 10.0 Å². The number of benzene rings is 1. The van der Waals surface area contributed by atoms with Gasteiger partial charge in [0.05, 0.1) is 22.2 Å². The molecule has 0 radical (unpaired) electrons. The summed E-state index contributed by atoms with van der Waals surface area (Å²) in [5.74, 6) is 0. The highest BCUT2D eigenvalue weighted by Crippen LogP contribution is 2.27. The maximum absolute atomic E-state index is 12.1. The number of nitrogens with one attached hydrogen (secondary N) is 1. The van der Waals surface area contributed by atoms with E-state index in [4.69, 9.17) is 16.7 Å². The normalized spacial score (nSPS) is 11.5. The van der Waals surface area contributed by atoms with Crippen molar-refractivity contribution in [1.82, 2.24) is 0 Å². The van der Waals surface area contributed by atoms with Crippen LogP contribution in [0.4, 0.5) is 5.69 Å². The second-order valence-electron chi connectivity index (χ2n) is 3.64. The highest BCUT2D eigenvalue weighted by Gasteiger charge is 2.17. The number of aliphatic hydroxyl groups is 1. The van der Waals surface area contributed by atoms with E-state index in [0.717, 1.165) is 3.57 Å². The molecule has 0 unspecified atom stereocenters. The molecule has 4 nitrogen and oxygen atoms in total. The zero-order chi connectivity index (χ0) is 14.0. The Labute approximate surface area is 133 Å². The predicted octanol–water partition coefficient (Wildman–Crippen LogP) is 3.30. The molecule has 1 aromatic carbocycles. The lowest BCUT2D eigenvalue weighted by atomic mass is 10.3. The van der Waals surface area contributed by atoms with Crippen LogP contribution in [0.3, 0.4) is 0 Å². The Bertz CT molecular complexity index is 700. The molecule has 1 aromatic heterocycles. The Balaban J connectivity index is 2.30. The molecule has 102 valence electrons. The number of anilines is 1. The maximum Gasteiger partial charge on any atom is 0.262 e. The molecule has 0 spiro atoms. The van der Waals surface area contributed by atoms with Crippen LogP contribution in [0.25, 0.3) is 0 Å². The van der Waals surface area contributed by atoms with Crippen LogP contribution >= 0.6 is 45.5 Å². The number of hydrogen-bond donors (Lipinski definition) is 2. The summed E-state index contributed by atoms with van der Waals surface area (Å²) in [6, 6.07) is 6.48. The van der Waals surface area contributed by atoms with Gasteiger partial charge in [-0.1, -0.05) is 11.6 Å². The quantitative estimate of drug-likeness (QED) is 0.733. The molecule has 2 N–H and O–H groups in total. The molecule has 0 amide bonds. The first-order chi connectivity index (χ1) is 8.92. The summed E-state index contributed by atoms with van der Waals surface area (Å²) >= 11 is 9.27. The second-order valence-corrected chi connectivity index (χ2v) is 7.97. The van der Waals surface area contributed by atoms with Gasteiger partial charge in [0, 0.05) is 13.8 Å². The molecule has 0 atom stereocenters. The lowest BCUT2D eigenvalue weighted by Gasteiger charge is -2.08. The Morgan fingerprint density at radius 2 is 2.11 bits per heavy atom. The van der Waals surface area contributed by atoms with Crippen molar-refractivity contribution < 1.29 is 13.5 Å². The average Bonchev–Trinajstić information content (AvgIpc) is 2.82. The fourth-order valence-corrected chi connectivity index (χ4v) is 4.53. The van der Waals surface area contributed by atoms with Crippen molar-refractivity contribution in [3.63, 3.8) is 0 Å². The number of halogens is 2. The first-order valence-electron chi connectivity index (χ1n) is 5.08. The third-order valence-corrected chi connectivity index (χ3v) is 5.67. The number of rotatable bonds is 4. The molecule has 0 fully saturated rings. The largest absolute Gasteiger partial charge is 0.391 e. The van der Waals surface area contributed by atoms with Gasteiger partial charge >= 0.3 is 0 Å². The van der Waals surface area contributed by atoms with E-state index < -0.39 is 10.0 Å². The summed E-state index contributed by atoms with van der Waals surface area (Å²) < 4.78 is 27.6. The highest BCUT2D eigenvalue weighted by molar-refractivity contribution is 14.1. The van der Waals surface area contributed by atoms with Crippen LogP contribution in [-0.4, -0.2) is 13.5 Å². The zero-order valence-corrected chi connectivity index (χ0v) is 14.0. The van der Waals surface area contributed by atoms with Crippen molar-refractivity contribution in [3.8, 4) is 0 Å². The third-order valence-electron chi connectivity index (χ3n) is 2.27. The first kappa shape index (κ1) is 15.0. The predicted molar refractivity (Wildman–Crippen MR) is 85.2 cm³/mol. The summed E-state index contributed by atoms with van der Waals surface area (Å²) in [5.41, 5.74) is 0.332. The van der Waals surface area contributed by atoms with Gasteiger partial charge in [-0.05, 0) is 46.9 Å². The van der Waals surface area contributed by atoms with Crippen LogP contribution in [0.15, 0.2) is 34.5 Å². The van der Waals surface area contributed by atoms with E-state index in [9.17, 15) is 8.42 Å². The molecular formula is C11H9ClINO3S2. The molecule has 2 aromatic rings. The molecule has 0 aliphatic rings. The Kier molecular flexibility index (Phi) is 4.72. The average molecular weight is 430 g/mol. The van der Waals surface area contributed by atoms with Gasteiger partial charge in [0.15, 0.2) is 0 Å². The molecule has 1 heterocycles. The molecule has 0 aliphatic carbocycles. The van der Waals surface area contributed by atoms with Crippen LogP contribution in [-0.2, 0) is 16.6 Å². The molecule has 19 heavy (non-hydrogen) atoms. The number of hydrogen-bond acceptors (Lipinski definition) is 4. The van der Waals surface area contributed by atoms with Crippen LogP contribution in [0.5, 0.6) is 0 Å². The van der Waals surface area contributed by atoms with E-state index in [0.29, 0.717) is 15.6 Å². The van der Waals surface area contributed by atoms with Crippen LogP contribution in [0.1, 0.15) is 4.88 Å². The van der Waals surface area contributed by atoms with E-state index in [-0.39, 0.29) is 11.5 Å². The minimum absolute atomic E-state index is 0.121. The van der Waals surface area contributed by atoms with Crippen LogP contribution < -0.4 is 4.72 Å². The van der Waals surface area contributed by atoms with Crippen molar-refractivity contribution in [1.29, 1.82) is 0 Å². The van der Waals surface area contributed by atoms with Crippen molar-refractivity contribution in [3.05, 3.63) is 43.1 Å². The van der Waals surface area contributed by atoms with Gasteiger partial charge in [-0.3, -0.25) is 4.72 Å². The minimum Gasteiger partial charge on any atom is -0.391 e. The summed E-state index contributed by atoms with van der Waals surface area (Å²) in [7, 11) is -3.68. The summed E-state index contributed by atoms with van der Waals surface area (Å²) in [5, 5.41) is 10.8.